The van der Waals surface area contributed by atoms with Gasteiger partial charge in [0, 0.05) is 20.4 Å². The molecule has 0 aromatic heterocycles. The van der Waals surface area contributed by atoms with Crippen molar-refractivity contribution in [1.82, 2.24) is 0 Å². The molecule has 0 rings (SSSR count). The Labute approximate surface area is 73.8 Å². The predicted octanol–water partition coefficient (Wildman–Crippen LogP) is 0.707. The van der Waals surface area contributed by atoms with Gasteiger partial charge in [0.25, 0.3) is 0 Å². The minimum atomic E-state index is -3.95. The topological polar surface area (TPSA) is 66.8 Å². The van der Waals surface area contributed by atoms with Crippen molar-refractivity contribution in [2.24, 2.45) is 0 Å². The summed E-state index contributed by atoms with van der Waals surface area (Å²) in [5.74, 6) is 0. The zero-order valence-corrected chi connectivity index (χ0v) is 9.14. The minimum absolute atomic E-state index is 0. The molecule has 0 fully saturated rings. The van der Waals surface area contributed by atoms with Crippen LogP contribution in [0, 0.1) is 6.61 Å². The van der Waals surface area contributed by atoms with E-state index in [2.05, 4.69) is 4.74 Å². The van der Waals surface area contributed by atoms with Crippen LogP contribution in [0.2, 0.25) is 0 Å². The zero-order chi connectivity index (χ0) is 7.33. The summed E-state index contributed by atoms with van der Waals surface area (Å²) in [6.07, 6.45) is 0.140. The van der Waals surface area contributed by atoms with Crippen molar-refractivity contribution in [3.05, 3.63) is 6.61 Å². The van der Waals surface area contributed by atoms with E-state index in [1.807, 2.05) is 6.92 Å². The van der Waals surface area contributed by atoms with Crippen LogP contribution in [0.25, 0.3) is 0 Å². The third-order valence-electron chi connectivity index (χ3n) is 0.527. The van der Waals surface area contributed by atoms with E-state index in [4.69, 9.17) is 9.79 Å². The summed E-state index contributed by atoms with van der Waals surface area (Å²) in [5.41, 5.74) is 0. The summed E-state index contributed by atoms with van der Waals surface area (Å²) in [5, 5.41) is 0. The van der Waals surface area contributed by atoms with E-state index in [9.17, 15) is 4.57 Å². The molecule has 10 heavy (non-hydrogen) atoms. The van der Waals surface area contributed by atoms with Crippen LogP contribution in [-0.2, 0) is 29.7 Å². The Hall–Kier alpha value is 0.772. The summed E-state index contributed by atoms with van der Waals surface area (Å²) in [7, 11) is -3.95. The molecule has 0 saturated heterocycles. The van der Waals surface area contributed by atoms with Crippen molar-refractivity contribution >= 4 is 7.60 Å². The number of rotatable bonds is 4. The Morgan fingerprint density at radius 3 is 2.40 bits per heavy atom. The van der Waals surface area contributed by atoms with Gasteiger partial charge >= 0.3 is 7.60 Å². The number of ether oxygens (including phenoxy) is 1. The predicted molar refractivity (Wildman–Crippen MR) is 32.6 cm³/mol. The fraction of sp³-hybridized carbons (Fsp3) is 0.750. The molecule has 0 heterocycles. The third-order valence-corrected chi connectivity index (χ3v) is 1.01. The Balaban J connectivity index is 0. The van der Waals surface area contributed by atoms with Gasteiger partial charge in [-0.2, -0.15) is 6.42 Å². The maximum atomic E-state index is 10.1. The molecule has 0 bridgehead atoms. The fourth-order valence-electron chi connectivity index (χ4n) is 0.268. The van der Waals surface area contributed by atoms with Crippen LogP contribution in [0.3, 0.4) is 0 Å². The largest absolute Gasteiger partial charge is 0.543 e. The van der Waals surface area contributed by atoms with Gasteiger partial charge in [-0.25, -0.2) is 6.61 Å². The molecule has 0 unspecified atom stereocenters. The summed E-state index contributed by atoms with van der Waals surface area (Å²) < 4.78 is 14.5. The van der Waals surface area contributed by atoms with Crippen molar-refractivity contribution in [3.8, 4) is 0 Å². The van der Waals surface area contributed by atoms with Crippen LogP contribution in [0.4, 0.5) is 0 Å². The summed E-state index contributed by atoms with van der Waals surface area (Å²) in [4.78, 5) is 16.4. The van der Waals surface area contributed by atoms with Gasteiger partial charge in [0.05, 0.1) is 0 Å². The first kappa shape index (κ1) is 13.4. The monoisotopic (exact) mass is 340 g/mol. The first-order chi connectivity index (χ1) is 4.06. The third kappa shape index (κ3) is 11.6. The van der Waals surface area contributed by atoms with Crippen LogP contribution in [0.1, 0.15) is 13.3 Å². The van der Waals surface area contributed by atoms with E-state index in [0.717, 1.165) is 0 Å². The van der Waals surface area contributed by atoms with E-state index in [1.54, 1.807) is 0 Å². The van der Waals surface area contributed by atoms with Crippen LogP contribution in [0.5, 0.6) is 0 Å². The Morgan fingerprint density at radius 2 is 2.10 bits per heavy atom. The van der Waals surface area contributed by atoms with E-state index < -0.39 is 13.9 Å². The van der Waals surface area contributed by atoms with Crippen LogP contribution in [0.15, 0.2) is 0 Å². The van der Waals surface area contributed by atoms with Crippen molar-refractivity contribution in [2.45, 2.75) is 13.3 Å². The van der Waals surface area contributed by atoms with Crippen LogP contribution < -0.4 is 0 Å². The molecule has 4 nitrogen and oxygen atoms in total. The maximum Gasteiger partial charge on any atom is 0.348 e. The van der Waals surface area contributed by atoms with Gasteiger partial charge in [0.15, 0.2) is 0 Å². The smallest absolute Gasteiger partial charge is 0.348 e. The van der Waals surface area contributed by atoms with Gasteiger partial charge in [0.1, 0.15) is 6.35 Å². The van der Waals surface area contributed by atoms with Gasteiger partial charge in [-0.3, -0.25) is 4.57 Å². The average Bonchev–Trinajstić information content (AvgIpc) is 1.63. The van der Waals surface area contributed by atoms with Gasteiger partial charge in [-0.15, -0.1) is 0 Å². The van der Waals surface area contributed by atoms with Gasteiger partial charge in [-0.1, -0.05) is 6.92 Å². The molecule has 0 aliphatic carbocycles. The molecule has 6 heteroatoms. The molecule has 0 aliphatic heterocycles. The van der Waals surface area contributed by atoms with Crippen molar-refractivity contribution < 1.29 is 39.5 Å². The first-order valence-corrected chi connectivity index (χ1v) is 4.34. The Bertz CT molecular complexity index is 112. The molecule has 0 aliphatic rings. The minimum Gasteiger partial charge on any atom is -0.543 e. The number of hydrogen-bond acceptors (Lipinski definition) is 2. The van der Waals surface area contributed by atoms with E-state index in [1.165, 1.54) is 6.61 Å². The van der Waals surface area contributed by atoms with E-state index in [0.29, 0.717) is 6.42 Å². The Morgan fingerprint density at radius 1 is 1.60 bits per heavy atom. The van der Waals surface area contributed by atoms with E-state index in [-0.39, 0.29) is 20.4 Å². The molecular formula is C4H10O4PRe-. The zero-order valence-electron chi connectivity index (χ0n) is 5.53. The average molecular weight is 339 g/mol. The summed E-state index contributed by atoms with van der Waals surface area (Å²) >= 11 is 0. The molecule has 0 aromatic carbocycles. The van der Waals surface area contributed by atoms with Crippen LogP contribution in [-0.4, -0.2) is 16.1 Å². The SMILES string of the molecule is CC[CH-]OCP(=O)(O)O.[Re]. The molecule has 2 N–H and O–H groups in total. The second-order valence-corrected chi connectivity index (χ2v) is 3.12. The van der Waals surface area contributed by atoms with Crippen LogP contribution >= 0.6 is 7.60 Å². The fourth-order valence-corrected chi connectivity index (χ4v) is 0.567. The van der Waals surface area contributed by atoms with Gasteiger partial charge < -0.3 is 14.5 Å². The van der Waals surface area contributed by atoms with Gasteiger partial charge in [-0.05, 0) is 0 Å². The second-order valence-electron chi connectivity index (χ2n) is 1.54. The first-order valence-electron chi connectivity index (χ1n) is 2.54. The maximum absolute atomic E-state index is 10.1. The molecule has 63 valence electrons. The van der Waals surface area contributed by atoms with Crippen molar-refractivity contribution in [1.29, 1.82) is 0 Å². The molecule has 0 atom stereocenters. The van der Waals surface area contributed by atoms with E-state index >= 15 is 0 Å². The molecular weight excluding hydrogens is 329 g/mol. The Kier molecular flexibility index (Phi) is 8.66. The standard InChI is InChI=1S/C4H10O4P.Re/c1-2-3-8-4-9(5,6)7;/h3H,2,4H2,1H3,(H2,5,6,7);/q-1;. The summed E-state index contributed by atoms with van der Waals surface area (Å²) in [6, 6.07) is 0. The molecule has 0 aromatic rings. The second kappa shape index (κ2) is 6.48. The molecule has 0 saturated carbocycles. The van der Waals surface area contributed by atoms with Crippen molar-refractivity contribution in [2.75, 3.05) is 6.35 Å². The molecule has 0 amide bonds. The molecule has 1 radical (unpaired) electrons. The quantitative estimate of drug-likeness (QED) is 0.450. The van der Waals surface area contributed by atoms with Gasteiger partial charge in [0.2, 0.25) is 0 Å². The van der Waals surface area contributed by atoms with Crippen molar-refractivity contribution in [3.63, 3.8) is 0 Å². The number of hydrogen-bond donors (Lipinski definition) is 2. The molecule has 0 spiro atoms. The normalized spacial score (nSPS) is 10.7. The summed E-state index contributed by atoms with van der Waals surface area (Å²) in [6.45, 7) is 3.18.